The van der Waals surface area contributed by atoms with Crippen molar-refractivity contribution in [1.82, 2.24) is 0 Å². The van der Waals surface area contributed by atoms with E-state index in [9.17, 15) is 0 Å². The number of halogens is 2. The molecule has 6 aromatic carbocycles. The van der Waals surface area contributed by atoms with Gasteiger partial charge in [0, 0.05) is 0 Å². The average molecular weight is 568 g/mol. The monoisotopic (exact) mass is 566 g/mol. The van der Waals surface area contributed by atoms with Crippen LogP contribution in [0.25, 0.3) is 43.8 Å². The Bertz CT molecular complexity index is 1390. The quantitative estimate of drug-likeness (QED) is 0.286. The largest absolute Gasteiger partial charge is 4.00 e. The minimum Gasteiger partial charge on any atom is -1.00 e. The Labute approximate surface area is 237 Å². The fraction of sp³-hybridized carbons (Fsp3) is 0.118. The molecule has 6 aromatic rings. The van der Waals surface area contributed by atoms with E-state index >= 15 is 0 Å². The first-order valence-electron chi connectivity index (χ1n) is 12.2. The Kier molecular flexibility index (Phi) is 11.3. The molecule has 0 unspecified atom stereocenters. The summed E-state index contributed by atoms with van der Waals surface area (Å²) in [5.74, 6) is 0. The fourth-order valence-corrected chi connectivity index (χ4v) is 4.74. The maximum Gasteiger partial charge on any atom is 4.00 e. The molecule has 184 valence electrons. The van der Waals surface area contributed by atoms with Crippen LogP contribution >= 0.6 is 0 Å². The van der Waals surface area contributed by atoms with E-state index in [1.54, 1.807) is 0 Å². The third-order valence-electron chi connectivity index (χ3n) is 6.61. The number of aryl methyl sites for hydroxylation is 2. The van der Waals surface area contributed by atoms with Gasteiger partial charge < -0.3 is 9.41 Å². The molecule has 0 aliphatic carbocycles. The summed E-state index contributed by atoms with van der Waals surface area (Å²) in [6.45, 7) is 4.41. The Morgan fingerprint density at radius 3 is 1.22 bits per heavy atom. The van der Waals surface area contributed by atoms with Crippen LogP contribution in [0, 0.1) is 0 Å². The van der Waals surface area contributed by atoms with Crippen LogP contribution in [0.1, 0.15) is 25.0 Å². The zero-order valence-corrected chi connectivity index (χ0v) is 23.7. The number of fused-ring (bicyclic) bond motifs is 2. The number of hydrogen-bond acceptors (Lipinski definition) is 0. The number of rotatable bonds is 4. The summed E-state index contributed by atoms with van der Waals surface area (Å²) >= 11 is 0. The second-order valence-corrected chi connectivity index (χ2v) is 8.78. The molecular formula is C34H30F2Zr. The molecule has 0 aliphatic rings. The summed E-state index contributed by atoms with van der Waals surface area (Å²) < 4.78 is 0. The van der Waals surface area contributed by atoms with Gasteiger partial charge in [-0.3, -0.25) is 0 Å². The topological polar surface area (TPSA) is 0 Å². The van der Waals surface area contributed by atoms with E-state index in [-0.39, 0.29) is 35.6 Å². The van der Waals surface area contributed by atoms with Gasteiger partial charge >= 0.3 is 26.2 Å². The molecule has 0 aromatic heterocycles. The van der Waals surface area contributed by atoms with Gasteiger partial charge in [0.15, 0.2) is 0 Å². The maximum atomic E-state index is 2.32. The molecule has 0 aliphatic heterocycles. The van der Waals surface area contributed by atoms with Crippen molar-refractivity contribution >= 4 is 21.5 Å². The average Bonchev–Trinajstić information content (AvgIpc) is 3.53. The second-order valence-electron chi connectivity index (χ2n) is 8.78. The Morgan fingerprint density at radius 1 is 0.486 bits per heavy atom. The molecule has 0 saturated heterocycles. The molecule has 0 amide bonds. The summed E-state index contributed by atoms with van der Waals surface area (Å²) in [5, 5.41) is 5.44. The third-order valence-corrected chi connectivity index (χ3v) is 6.61. The standard InChI is InChI=1S/2C17H15.2FH.Zr/c2*1-2-13-11-15-9-6-10-16(17(15)12-13)14-7-4-3-5-8-14;;;/h2*3-12H,2H2,1H3;2*1H;/q2*-1;;;+4/p-2. The first-order valence-corrected chi connectivity index (χ1v) is 12.2. The first kappa shape index (κ1) is 30.1. The molecule has 0 fully saturated rings. The van der Waals surface area contributed by atoms with Gasteiger partial charge in [0.2, 0.25) is 0 Å². The van der Waals surface area contributed by atoms with Gasteiger partial charge in [0.25, 0.3) is 0 Å². The maximum absolute atomic E-state index is 2.32. The van der Waals surface area contributed by atoms with Crippen molar-refractivity contribution in [2.24, 2.45) is 0 Å². The summed E-state index contributed by atoms with van der Waals surface area (Å²) in [5.41, 5.74) is 8.11. The van der Waals surface area contributed by atoms with Gasteiger partial charge in [-0.25, -0.2) is 0 Å². The van der Waals surface area contributed by atoms with Gasteiger partial charge in [-0.15, -0.1) is 69.1 Å². The van der Waals surface area contributed by atoms with Gasteiger partial charge in [-0.2, -0.15) is 12.1 Å². The SMILES string of the molecule is CCc1cc2c(-c3ccccc3)cccc2[cH-]1.CCc1cc2c(-c3ccccc3)cccc2[cH-]1.[F-].[F-].[Zr+4]. The number of hydrogen-bond donors (Lipinski definition) is 0. The Morgan fingerprint density at radius 2 is 0.865 bits per heavy atom. The molecule has 37 heavy (non-hydrogen) atoms. The second kappa shape index (κ2) is 14.0. The normalized spacial score (nSPS) is 10.0. The predicted octanol–water partition coefficient (Wildman–Crippen LogP) is 3.58. The van der Waals surface area contributed by atoms with Crippen molar-refractivity contribution in [1.29, 1.82) is 0 Å². The van der Waals surface area contributed by atoms with Gasteiger partial charge in [-0.1, -0.05) is 97.8 Å². The van der Waals surface area contributed by atoms with Crippen LogP contribution in [0.15, 0.2) is 121 Å². The van der Waals surface area contributed by atoms with E-state index in [1.807, 2.05) is 0 Å². The van der Waals surface area contributed by atoms with Gasteiger partial charge in [0.05, 0.1) is 0 Å². The van der Waals surface area contributed by atoms with Crippen LogP contribution in [0.2, 0.25) is 0 Å². The minimum absolute atomic E-state index is 0. The van der Waals surface area contributed by atoms with Crippen LogP contribution in [0.3, 0.4) is 0 Å². The van der Waals surface area contributed by atoms with Crippen LogP contribution in [-0.2, 0) is 39.0 Å². The summed E-state index contributed by atoms with van der Waals surface area (Å²) in [4.78, 5) is 0. The van der Waals surface area contributed by atoms with Crippen molar-refractivity contribution < 1.29 is 35.6 Å². The summed E-state index contributed by atoms with van der Waals surface area (Å²) in [6, 6.07) is 43.5. The molecule has 0 N–H and O–H groups in total. The molecular weight excluding hydrogens is 538 g/mol. The van der Waals surface area contributed by atoms with E-state index in [2.05, 4.69) is 135 Å². The third kappa shape index (κ3) is 6.59. The minimum atomic E-state index is 0. The number of benzene rings is 4. The zero-order valence-electron chi connectivity index (χ0n) is 21.2. The van der Waals surface area contributed by atoms with Crippen molar-refractivity contribution in [3.8, 4) is 22.3 Å². The van der Waals surface area contributed by atoms with E-state index in [1.165, 1.54) is 54.9 Å². The molecule has 0 heterocycles. The van der Waals surface area contributed by atoms with Crippen LogP contribution in [0.5, 0.6) is 0 Å². The summed E-state index contributed by atoms with van der Waals surface area (Å²) in [6.07, 6.45) is 2.20. The molecule has 0 saturated carbocycles. The fourth-order valence-electron chi connectivity index (χ4n) is 4.74. The predicted molar refractivity (Wildman–Crippen MR) is 149 cm³/mol. The molecule has 3 heteroatoms. The van der Waals surface area contributed by atoms with Gasteiger partial charge in [0.1, 0.15) is 0 Å². The van der Waals surface area contributed by atoms with Crippen LogP contribution < -0.4 is 9.41 Å². The van der Waals surface area contributed by atoms with E-state index in [4.69, 9.17) is 0 Å². The molecule has 0 spiro atoms. The van der Waals surface area contributed by atoms with E-state index in [0.29, 0.717) is 0 Å². The van der Waals surface area contributed by atoms with Crippen molar-refractivity contribution in [2.45, 2.75) is 26.7 Å². The van der Waals surface area contributed by atoms with Crippen molar-refractivity contribution in [2.75, 3.05) is 0 Å². The van der Waals surface area contributed by atoms with Crippen molar-refractivity contribution in [3.63, 3.8) is 0 Å². The zero-order chi connectivity index (χ0) is 23.3. The van der Waals surface area contributed by atoms with Gasteiger partial charge in [-0.05, 0) is 24.0 Å². The van der Waals surface area contributed by atoms with E-state index in [0.717, 1.165) is 12.8 Å². The molecule has 0 nitrogen and oxygen atoms in total. The summed E-state index contributed by atoms with van der Waals surface area (Å²) in [7, 11) is 0. The van der Waals surface area contributed by atoms with E-state index < -0.39 is 0 Å². The molecule has 0 bridgehead atoms. The van der Waals surface area contributed by atoms with Crippen LogP contribution in [-0.4, -0.2) is 0 Å². The Hall–Kier alpha value is -3.16. The van der Waals surface area contributed by atoms with Crippen LogP contribution in [0.4, 0.5) is 0 Å². The Balaban J connectivity index is 0.000000241. The molecule has 6 rings (SSSR count). The molecule has 0 atom stereocenters. The first-order chi connectivity index (χ1) is 16.8. The van der Waals surface area contributed by atoms with Crippen molar-refractivity contribution in [3.05, 3.63) is 132 Å². The smallest absolute Gasteiger partial charge is 1.00 e. The molecule has 0 radical (unpaired) electrons.